The molecule has 2 aromatic rings. The zero-order valence-electron chi connectivity index (χ0n) is 11.2. The van der Waals surface area contributed by atoms with E-state index >= 15 is 0 Å². The summed E-state index contributed by atoms with van der Waals surface area (Å²) in [6, 6.07) is 10.7. The molecule has 0 saturated carbocycles. The molecule has 0 saturated heterocycles. The Bertz CT molecular complexity index is 620. The number of aliphatic hydroxyl groups is 1. The number of halogens is 2. The Morgan fingerprint density at radius 2 is 1.86 bits per heavy atom. The van der Waals surface area contributed by atoms with E-state index in [4.69, 9.17) is 0 Å². The number of nitriles is 1. The second-order valence-electron chi connectivity index (χ2n) is 4.62. The van der Waals surface area contributed by atoms with Gasteiger partial charge in [0.05, 0.1) is 17.7 Å². The van der Waals surface area contributed by atoms with Crippen LogP contribution in [0.2, 0.25) is 0 Å². The van der Waals surface area contributed by atoms with Crippen molar-refractivity contribution in [2.24, 2.45) is 0 Å². The minimum Gasteiger partial charge on any atom is -0.396 e. The van der Waals surface area contributed by atoms with E-state index in [1.54, 1.807) is 18.2 Å². The van der Waals surface area contributed by atoms with Crippen molar-refractivity contribution in [1.29, 1.82) is 5.26 Å². The second kappa shape index (κ2) is 6.91. The number of benzene rings is 1. The molecule has 108 valence electrons. The van der Waals surface area contributed by atoms with Gasteiger partial charge in [-0.2, -0.15) is 5.26 Å². The largest absolute Gasteiger partial charge is 0.396 e. The Kier molecular flexibility index (Phi) is 4.96. The molecule has 1 heterocycles. The highest BCUT2D eigenvalue weighted by atomic mass is 19.1. The summed E-state index contributed by atoms with van der Waals surface area (Å²) in [6.45, 7) is -0.274. The summed E-state index contributed by atoms with van der Waals surface area (Å²) in [5.41, 5.74) is 0.254. The monoisotopic (exact) mass is 288 g/mol. The minimum absolute atomic E-state index is 0.0760. The number of aromatic nitrogens is 1. The highest BCUT2D eigenvalue weighted by molar-refractivity contribution is 5.31. The molecule has 1 aromatic carbocycles. The molecule has 1 aromatic heterocycles. The predicted molar refractivity (Wildman–Crippen MR) is 73.4 cm³/mol. The summed E-state index contributed by atoms with van der Waals surface area (Å²) >= 11 is 0. The topological polar surface area (TPSA) is 56.9 Å². The van der Waals surface area contributed by atoms with E-state index in [0.29, 0.717) is 5.69 Å². The summed E-state index contributed by atoms with van der Waals surface area (Å²) in [5, 5.41) is 18.6. The molecular weight excluding hydrogens is 274 g/mol. The molecule has 0 aliphatic rings. The van der Waals surface area contributed by atoms with E-state index in [1.807, 2.05) is 6.07 Å². The summed E-state index contributed by atoms with van der Waals surface area (Å²) in [6.07, 6.45) is 1.60. The smallest absolute Gasteiger partial charge is 0.129 e. The lowest BCUT2D eigenvalue weighted by Crippen LogP contribution is -2.16. The molecule has 0 fully saturated rings. The van der Waals surface area contributed by atoms with Gasteiger partial charge in [-0.1, -0.05) is 12.1 Å². The van der Waals surface area contributed by atoms with Gasteiger partial charge in [0.1, 0.15) is 11.6 Å². The third-order valence-corrected chi connectivity index (χ3v) is 3.36. The van der Waals surface area contributed by atoms with Crippen LogP contribution >= 0.6 is 0 Å². The SMILES string of the molecule is N#C[C@@H](c1ccccn1)[C@H](CCO)c1c(F)cccc1F. The second-order valence-corrected chi connectivity index (χ2v) is 4.62. The Morgan fingerprint density at radius 1 is 1.14 bits per heavy atom. The molecule has 0 radical (unpaired) electrons. The van der Waals surface area contributed by atoms with Gasteiger partial charge in [0, 0.05) is 24.3 Å². The number of aliphatic hydroxyl groups excluding tert-OH is 1. The third-order valence-electron chi connectivity index (χ3n) is 3.36. The third kappa shape index (κ3) is 3.23. The molecule has 3 nitrogen and oxygen atoms in total. The molecular formula is C16H14F2N2O. The molecule has 0 spiro atoms. The van der Waals surface area contributed by atoms with E-state index in [2.05, 4.69) is 4.98 Å². The Morgan fingerprint density at radius 3 is 2.38 bits per heavy atom. The molecule has 0 amide bonds. The molecule has 21 heavy (non-hydrogen) atoms. The molecule has 2 rings (SSSR count). The van der Waals surface area contributed by atoms with Crippen molar-refractivity contribution in [3.63, 3.8) is 0 Å². The number of hydrogen-bond donors (Lipinski definition) is 1. The lowest BCUT2D eigenvalue weighted by molar-refractivity contribution is 0.268. The normalized spacial score (nSPS) is 13.4. The van der Waals surface area contributed by atoms with Gasteiger partial charge >= 0.3 is 0 Å². The van der Waals surface area contributed by atoms with Gasteiger partial charge in [-0.15, -0.1) is 0 Å². The fraction of sp³-hybridized carbons (Fsp3) is 0.250. The maximum absolute atomic E-state index is 14.0. The van der Waals surface area contributed by atoms with E-state index < -0.39 is 23.5 Å². The van der Waals surface area contributed by atoms with Crippen molar-refractivity contribution in [2.45, 2.75) is 18.3 Å². The fourth-order valence-corrected chi connectivity index (χ4v) is 2.40. The molecule has 1 N–H and O–H groups in total. The molecule has 0 aliphatic heterocycles. The standard InChI is InChI=1S/C16H14F2N2O/c17-13-4-3-5-14(18)16(13)11(7-9-21)12(10-19)15-6-1-2-8-20-15/h1-6,8,11-12,21H,7,9H2/t11-,12+/m0/s1. The van der Waals surface area contributed by atoms with Crippen LogP contribution in [0.1, 0.15) is 29.5 Å². The van der Waals surface area contributed by atoms with Crippen LogP contribution in [0.5, 0.6) is 0 Å². The van der Waals surface area contributed by atoms with Crippen LogP contribution in [-0.2, 0) is 0 Å². The summed E-state index contributed by atoms with van der Waals surface area (Å²) < 4.78 is 28.0. The van der Waals surface area contributed by atoms with Crippen molar-refractivity contribution in [2.75, 3.05) is 6.61 Å². The maximum Gasteiger partial charge on any atom is 0.129 e. The number of rotatable bonds is 5. The van der Waals surface area contributed by atoms with Gasteiger partial charge in [-0.3, -0.25) is 4.98 Å². The first-order valence-corrected chi connectivity index (χ1v) is 6.54. The average Bonchev–Trinajstić information content (AvgIpc) is 2.49. The predicted octanol–water partition coefficient (Wildman–Crippen LogP) is 3.13. The fourth-order valence-electron chi connectivity index (χ4n) is 2.40. The average molecular weight is 288 g/mol. The minimum atomic E-state index is -0.829. The van der Waals surface area contributed by atoms with Crippen LogP contribution in [-0.4, -0.2) is 16.7 Å². The van der Waals surface area contributed by atoms with Crippen molar-refractivity contribution in [3.05, 3.63) is 65.5 Å². The van der Waals surface area contributed by atoms with Crippen molar-refractivity contribution in [1.82, 2.24) is 4.98 Å². The molecule has 5 heteroatoms. The van der Waals surface area contributed by atoms with Crippen LogP contribution in [0.3, 0.4) is 0 Å². The maximum atomic E-state index is 14.0. The van der Waals surface area contributed by atoms with E-state index in [1.165, 1.54) is 12.3 Å². The summed E-state index contributed by atoms with van der Waals surface area (Å²) in [7, 11) is 0. The van der Waals surface area contributed by atoms with Crippen LogP contribution in [0.4, 0.5) is 8.78 Å². The highest BCUT2D eigenvalue weighted by Crippen LogP contribution is 2.36. The van der Waals surface area contributed by atoms with Crippen LogP contribution in [0.25, 0.3) is 0 Å². The Hall–Kier alpha value is -2.32. The summed E-state index contributed by atoms with van der Waals surface area (Å²) in [5.74, 6) is -3.06. The molecule has 0 bridgehead atoms. The van der Waals surface area contributed by atoms with Gasteiger partial charge in [0.15, 0.2) is 0 Å². The lowest BCUT2D eigenvalue weighted by atomic mass is 9.82. The quantitative estimate of drug-likeness (QED) is 0.919. The highest BCUT2D eigenvalue weighted by Gasteiger charge is 2.30. The number of nitrogens with zero attached hydrogens (tertiary/aromatic N) is 2. The van der Waals surface area contributed by atoms with Crippen LogP contribution < -0.4 is 0 Å². The van der Waals surface area contributed by atoms with Crippen molar-refractivity contribution in [3.8, 4) is 6.07 Å². The van der Waals surface area contributed by atoms with Gasteiger partial charge in [-0.05, 0) is 30.7 Å². The van der Waals surface area contributed by atoms with E-state index in [0.717, 1.165) is 12.1 Å². The molecule has 2 atom stereocenters. The zero-order chi connectivity index (χ0) is 15.2. The van der Waals surface area contributed by atoms with Crippen LogP contribution in [0, 0.1) is 23.0 Å². The first kappa shape index (κ1) is 15.1. The lowest BCUT2D eigenvalue weighted by Gasteiger charge is -2.22. The number of pyridine rings is 1. The van der Waals surface area contributed by atoms with Crippen LogP contribution in [0.15, 0.2) is 42.6 Å². The first-order valence-electron chi connectivity index (χ1n) is 6.54. The van der Waals surface area contributed by atoms with Crippen molar-refractivity contribution < 1.29 is 13.9 Å². The molecule has 0 aliphatic carbocycles. The summed E-state index contributed by atoms with van der Waals surface area (Å²) in [4.78, 5) is 4.09. The number of hydrogen-bond acceptors (Lipinski definition) is 3. The van der Waals surface area contributed by atoms with Crippen molar-refractivity contribution >= 4 is 0 Å². The van der Waals surface area contributed by atoms with Gasteiger partial charge < -0.3 is 5.11 Å². The molecule has 0 unspecified atom stereocenters. The van der Waals surface area contributed by atoms with E-state index in [-0.39, 0.29) is 18.6 Å². The van der Waals surface area contributed by atoms with Gasteiger partial charge in [-0.25, -0.2) is 8.78 Å². The Balaban J connectivity index is 2.50. The Labute approximate surface area is 121 Å². The van der Waals surface area contributed by atoms with Gasteiger partial charge in [0.2, 0.25) is 0 Å². The van der Waals surface area contributed by atoms with E-state index in [9.17, 15) is 19.1 Å². The van der Waals surface area contributed by atoms with Gasteiger partial charge in [0.25, 0.3) is 0 Å². The first-order chi connectivity index (χ1) is 10.2. The zero-order valence-corrected chi connectivity index (χ0v) is 11.2.